The monoisotopic (exact) mass is 863 g/mol. The molecule has 0 saturated heterocycles. The Hall–Kier alpha value is -1.59. The molecule has 3 atom stereocenters. The smallest absolute Gasteiger partial charge is 0.306 e. The summed E-state index contributed by atoms with van der Waals surface area (Å²) in [5, 5.41) is 0. The van der Waals surface area contributed by atoms with Crippen LogP contribution >= 0.6 is 0 Å². The van der Waals surface area contributed by atoms with Crippen LogP contribution in [0.4, 0.5) is 0 Å². The normalized spacial score (nSPS) is 12.9. The molecule has 0 saturated carbocycles. The Morgan fingerprint density at radius 3 is 0.852 bits per heavy atom. The zero-order valence-electron chi connectivity index (χ0n) is 41.8. The van der Waals surface area contributed by atoms with Crippen molar-refractivity contribution in [2.75, 3.05) is 13.2 Å². The molecule has 0 aliphatic heterocycles. The fourth-order valence-electron chi connectivity index (χ4n) is 8.28. The first kappa shape index (κ1) is 59.4. The van der Waals surface area contributed by atoms with Crippen LogP contribution in [-0.2, 0) is 28.6 Å². The van der Waals surface area contributed by atoms with Crippen LogP contribution in [0.1, 0.15) is 304 Å². The molecule has 0 aromatic heterocycles. The standard InChI is InChI=1S/C55H106O6/c1-6-9-10-11-12-23-32-37-42-47-55(58)61-52(49-60-54(57)46-41-36-31-27-26-29-34-39-44-51(5)8-3)48-59-53(56)45-40-35-30-25-22-20-18-16-14-13-15-17-19-21-24-28-33-38-43-50(4)7-2/h50-52H,6-49H2,1-5H3/t50?,51?,52-/m0/s1. The highest BCUT2D eigenvalue weighted by atomic mass is 16.6. The van der Waals surface area contributed by atoms with Crippen molar-refractivity contribution in [1.29, 1.82) is 0 Å². The lowest BCUT2D eigenvalue weighted by atomic mass is 9.99. The third-order valence-electron chi connectivity index (χ3n) is 13.2. The van der Waals surface area contributed by atoms with Gasteiger partial charge in [-0.15, -0.1) is 0 Å². The van der Waals surface area contributed by atoms with Gasteiger partial charge in [-0.05, 0) is 31.1 Å². The average Bonchev–Trinajstić information content (AvgIpc) is 3.26. The van der Waals surface area contributed by atoms with E-state index in [9.17, 15) is 14.4 Å². The van der Waals surface area contributed by atoms with Crippen LogP contribution in [0.15, 0.2) is 0 Å². The van der Waals surface area contributed by atoms with Crippen LogP contribution < -0.4 is 0 Å². The molecule has 0 N–H and O–H groups in total. The van der Waals surface area contributed by atoms with Crippen LogP contribution in [0, 0.1) is 11.8 Å². The van der Waals surface area contributed by atoms with Gasteiger partial charge in [0, 0.05) is 19.3 Å². The van der Waals surface area contributed by atoms with Gasteiger partial charge in [-0.2, -0.15) is 0 Å². The van der Waals surface area contributed by atoms with Crippen molar-refractivity contribution in [1.82, 2.24) is 0 Å². The summed E-state index contributed by atoms with van der Waals surface area (Å²) in [6.07, 6.45) is 49.5. The number of esters is 3. The molecule has 0 bridgehead atoms. The fraction of sp³-hybridized carbons (Fsp3) is 0.945. The molecular formula is C55H106O6. The topological polar surface area (TPSA) is 78.9 Å². The Labute approximate surface area is 380 Å². The number of rotatable bonds is 49. The van der Waals surface area contributed by atoms with Gasteiger partial charge in [-0.1, -0.05) is 266 Å². The number of hydrogen-bond donors (Lipinski definition) is 0. The second kappa shape index (κ2) is 47.9. The van der Waals surface area contributed by atoms with Crippen molar-refractivity contribution < 1.29 is 28.6 Å². The summed E-state index contributed by atoms with van der Waals surface area (Å²) in [6, 6.07) is 0. The van der Waals surface area contributed by atoms with Crippen molar-refractivity contribution >= 4 is 17.9 Å². The predicted octanol–water partition coefficient (Wildman–Crippen LogP) is 17.7. The van der Waals surface area contributed by atoms with E-state index in [0.29, 0.717) is 19.3 Å². The SMILES string of the molecule is CCCCCCCCCCCC(=O)O[C@@H](COC(=O)CCCCCCCCCCCCCCCCCCCCC(C)CC)COC(=O)CCCCCCCCCCC(C)CC. The highest BCUT2D eigenvalue weighted by Crippen LogP contribution is 2.18. The number of hydrogen-bond acceptors (Lipinski definition) is 6. The fourth-order valence-corrected chi connectivity index (χ4v) is 8.28. The van der Waals surface area contributed by atoms with Crippen molar-refractivity contribution in [2.24, 2.45) is 11.8 Å². The molecule has 0 aliphatic carbocycles. The minimum Gasteiger partial charge on any atom is -0.462 e. The van der Waals surface area contributed by atoms with Crippen molar-refractivity contribution in [3.05, 3.63) is 0 Å². The maximum atomic E-state index is 12.7. The molecule has 0 aromatic rings. The van der Waals surface area contributed by atoms with Crippen molar-refractivity contribution in [3.63, 3.8) is 0 Å². The van der Waals surface area contributed by atoms with E-state index in [1.807, 2.05) is 0 Å². The Kier molecular flexibility index (Phi) is 46.6. The van der Waals surface area contributed by atoms with Gasteiger partial charge in [0.2, 0.25) is 0 Å². The second-order valence-electron chi connectivity index (χ2n) is 19.4. The molecule has 0 radical (unpaired) electrons. The van der Waals surface area contributed by atoms with Crippen LogP contribution in [0.25, 0.3) is 0 Å². The zero-order valence-corrected chi connectivity index (χ0v) is 41.8. The molecule has 0 rings (SSSR count). The van der Waals surface area contributed by atoms with Gasteiger partial charge < -0.3 is 14.2 Å². The van der Waals surface area contributed by atoms with Gasteiger partial charge in [-0.3, -0.25) is 14.4 Å². The molecule has 0 aliphatic rings. The molecule has 0 fully saturated rings. The van der Waals surface area contributed by atoms with E-state index in [-0.39, 0.29) is 31.1 Å². The largest absolute Gasteiger partial charge is 0.462 e. The van der Waals surface area contributed by atoms with Crippen LogP contribution in [0.3, 0.4) is 0 Å². The lowest BCUT2D eigenvalue weighted by Crippen LogP contribution is -2.30. The van der Waals surface area contributed by atoms with Gasteiger partial charge in [0.05, 0.1) is 0 Å². The molecule has 362 valence electrons. The molecule has 6 nitrogen and oxygen atoms in total. The molecular weight excluding hydrogens is 757 g/mol. The highest BCUT2D eigenvalue weighted by Gasteiger charge is 2.19. The molecule has 0 heterocycles. The number of unbranched alkanes of at least 4 members (excludes halogenated alkanes) is 32. The Morgan fingerprint density at radius 2 is 0.574 bits per heavy atom. The second-order valence-corrected chi connectivity index (χ2v) is 19.4. The minimum atomic E-state index is -0.761. The van der Waals surface area contributed by atoms with E-state index in [1.165, 1.54) is 193 Å². The number of ether oxygens (including phenoxy) is 3. The van der Waals surface area contributed by atoms with E-state index in [0.717, 1.165) is 69.6 Å². The molecule has 2 unspecified atom stereocenters. The summed E-state index contributed by atoms with van der Waals surface area (Å²) in [5.41, 5.74) is 0. The Bertz CT molecular complexity index is 935. The first-order valence-electron chi connectivity index (χ1n) is 27.3. The maximum absolute atomic E-state index is 12.7. The van der Waals surface area contributed by atoms with Gasteiger partial charge in [0.15, 0.2) is 6.10 Å². The third-order valence-corrected chi connectivity index (χ3v) is 13.2. The minimum absolute atomic E-state index is 0.0638. The quantitative estimate of drug-likeness (QED) is 0.0344. The summed E-state index contributed by atoms with van der Waals surface area (Å²) < 4.78 is 16.8. The molecule has 6 heteroatoms. The molecule has 61 heavy (non-hydrogen) atoms. The Morgan fingerprint density at radius 1 is 0.328 bits per heavy atom. The predicted molar refractivity (Wildman–Crippen MR) is 261 cm³/mol. The van der Waals surface area contributed by atoms with E-state index in [4.69, 9.17) is 14.2 Å². The van der Waals surface area contributed by atoms with Gasteiger partial charge >= 0.3 is 17.9 Å². The summed E-state index contributed by atoms with van der Waals surface area (Å²) in [4.78, 5) is 37.9. The van der Waals surface area contributed by atoms with E-state index in [2.05, 4.69) is 34.6 Å². The summed E-state index contributed by atoms with van der Waals surface area (Å²) in [5.74, 6) is 0.908. The van der Waals surface area contributed by atoms with Crippen LogP contribution in [0.5, 0.6) is 0 Å². The van der Waals surface area contributed by atoms with Crippen molar-refractivity contribution in [2.45, 2.75) is 310 Å². The summed E-state index contributed by atoms with van der Waals surface area (Å²) in [6.45, 7) is 11.4. The van der Waals surface area contributed by atoms with E-state index < -0.39 is 6.10 Å². The average molecular weight is 863 g/mol. The van der Waals surface area contributed by atoms with Crippen molar-refractivity contribution in [3.8, 4) is 0 Å². The summed E-state index contributed by atoms with van der Waals surface area (Å²) >= 11 is 0. The van der Waals surface area contributed by atoms with Gasteiger partial charge in [0.1, 0.15) is 13.2 Å². The van der Waals surface area contributed by atoms with Gasteiger partial charge in [-0.25, -0.2) is 0 Å². The zero-order chi connectivity index (χ0) is 44.7. The first-order chi connectivity index (χ1) is 29.8. The van der Waals surface area contributed by atoms with Crippen LogP contribution in [-0.4, -0.2) is 37.2 Å². The molecule has 0 amide bonds. The molecule has 0 aromatic carbocycles. The lowest BCUT2D eigenvalue weighted by Gasteiger charge is -2.18. The molecule has 0 spiro atoms. The van der Waals surface area contributed by atoms with E-state index >= 15 is 0 Å². The van der Waals surface area contributed by atoms with Crippen LogP contribution in [0.2, 0.25) is 0 Å². The summed E-state index contributed by atoms with van der Waals surface area (Å²) in [7, 11) is 0. The third kappa shape index (κ3) is 46.2. The number of carbonyl (C=O) groups excluding carboxylic acids is 3. The van der Waals surface area contributed by atoms with Gasteiger partial charge in [0.25, 0.3) is 0 Å². The number of carbonyl (C=O) groups is 3. The Balaban J connectivity index is 4.15. The highest BCUT2D eigenvalue weighted by molar-refractivity contribution is 5.71. The maximum Gasteiger partial charge on any atom is 0.306 e. The van der Waals surface area contributed by atoms with E-state index in [1.54, 1.807) is 0 Å². The lowest BCUT2D eigenvalue weighted by molar-refractivity contribution is -0.167. The first-order valence-corrected chi connectivity index (χ1v) is 27.3.